The van der Waals surface area contributed by atoms with E-state index in [1.165, 1.54) is 0 Å². The van der Waals surface area contributed by atoms with Crippen molar-refractivity contribution in [1.82, 2.24) is 15.0 Å². The highest BCUT2D eigenvalue weighted by molar-refractivity contribution is 6.12. The van der Waals surface area contributed by atoms with Gasteiger partial charge in [-0.1, -0.05) is 151 Å². The molecule has 51 heavy (non-hydrogen) atoms. The smallest absolute Gasteiger partial charge is 0.164 e. The van der Waals surface area contributed by atoms with Crippen molar-refractivity contribution >= 4 is 43.5 Å². The molecule has 8 aromatic carbocycles. The lowest BCUT2D eigenvalue weighted by molar-refractivity contribution is 0.669. The van der Waals surface area contributed by atoms with Gasteiger partial charge in [0.1, 0.15) is 11.2 Å². The highest BCUT2D eigenvalue weighted by Gasteiger charge is 2.20. The molecule has 0 bridgehead atoms. The number of fused-ring (bicyclic) bond motifs is 5. The van der Waals surface area contributed by atoms with Crippen molar-refractivity contribution in [2.24, 2.45) is 0 Å². The van der Waals surface area contributed by atoms with E-state index in [0.717, 1.165) is 21.9 Å². The molecule has 4 nitrogen and oxygen atoms in total. The summed E-state index contributed by atoms with van der Waals surface area (Å²) in [6, 6.07) is 22.5. The van der Waals surface area contributed by atoms with Crippen LogP contribution in [-0.2, 0) is 0 Å². The molecule has 0 aliphatic rings. The molecule has 0 spiro atoms. The molecule has 0 saturated heterocycles. The second kappa shape index (κ2) is 11.9. The van der Waals surface area contributed by atoms with Gasteiger partial charge in [-0.2, -0.15) is 0 Å². The maximum atomic E-state index is 9.56. The minimum absolute atomic E-state index is 0.0412. The van der Waals surface area contributed by atoms with Crippen LogP contribution in [0.2, 0.25) is 0 Å². The third kappa shape index (κ3) is 4.96. The molecule has 0 aliphatic carbocycles. The number of nitrogens with zero attached hydrogens (tertiary/aromatic N) is 3. The molecule has 0 N–H and O–H groups in total. The van der Waals surface area contributed by atoms with Gasteiger partial charge in [-0.3, -0.25) is 0 Å². The molecule has 0 amide bonds. The average Bonchev–Trinajstić information content (AvgIpc) is 3.72. The highest BCUT2D eigenvalue weighted by atomic mass is 16.3. The third-order valence-electron chi connectivity index (χ3n) is 8.82. The molecule has 2 heterocycles. The summed E-state index contributed by atoms with van der Waals surface area (Å²) in [6.45, 7) is 0. The number of hydrogen-bond acceptors (Lipinski definition) is 4. The lowest BCUT2D eigenvalue weighted by Gasteiger charge is -2.14. The summed E-state index contributed by atoms with van der Waals surface area (Å²) in [4.78, 5) is 14.5. The summed E-state index contributed by atoms with van der Waals surface area (Å²) in [5, 5.41) is 1.16. The first kappa shape index (κ1) is 18.7. The van der Waals surface area contributed by atoms with Crippen LogP contribution in [0.3, 0.4) is 0 Å². The van der Waals surface area contributed by atoms with Gasteiger partial charge in [-0.15, -0.1) is 0 Å². The lowest BCUT2D eigenvalue weighted by Crippen LogP contribution is -2.01. The Balaban J connectivity index is 1.38. The minimum Gasteiger partial charge on any atom is -0.456 e. The van der Waals surface area contributed by atoms with Crippen molar-refractivity contribution < 1.29 is 22.2 Å². The van der Waals surface area contributed by atoms with E-state index in [2.05, 4.69) is 0 Å². The van der Waals surface area contributed by atoms with Crippen molar-refractivity contribution in [2.75, 3.05) is 0 Å². The van der Waals surface area contributed by atoms with Crippen molar-refractivity contribution in [3.63, 3.8) is 0 Å². The summed E-state index contributed by atoms with van der Waals surface area (Å²) in [7, 11) is 0. The van der Waals surface area contributed by atoms with Gasteiger partial charge >= 0.3 is 0 Å². The topological polar surface area (TPSA) is 51.8 Å². The first-order chi connectivity index (χ1) is 30.7. The fourth-order valence-electron chi connectivity index (χ4n) is 6.46. The van der Waals surface area contributed by atoms with Crippen LogP contribution in [0.25, 0.3) is 99.9 Å². The zero-order valence-electron chi connectivity index (χ0n) is 39.5. The van der Waals surface area contributed by atoms with Gasteiger partial charge < -0.3 is 4.42 Å². The Hall–Kier alpha value is -6.91. The lowest BCUT2D eigenvalue weighted by atomic mass is 9.94. The number of para-hydroxylation sites is 1. The first-order valence-electron chi connectivity index (χ1n) is 22.6. The molecule has 10 rings (SSSR count). The van der Waals surface area contributed by atoms with Crippen LogP contribution in [0.5, 0.6) is 0 Å². The van der Waals surface area contributed by atoms with E-state index < -0.39 is 72.5 Å². The van der Waals surface area contributed by atoms with Gasteiger partial charge in [0.2, 0.25) is 0 Å². The van der Waals surface area contributed by atoms with Gasteiger partial charge in [0.05, 0.1) is 17.8 Å². The molecule has 10 aromatic rings. The Labute approximate surface area is 312 Å². The van der Waals surface area contributed by atoms with Gasteiger partial charge in [0, 0.05) is 27.5 Å². The van der Waals surface area contributed by atoms with E-state index in [1.807, 2.05) is 60.7 Å². The zero-order chi connectivity index (χ0) is 45.0. The Morgan fingerprint density at radius 2 is 1.02 bits per heavy atom. The minimum atomic E-state index is -0.625. The molecule has 4 heteroatoms. The van der Waals surface area contributed by atoms with E-state index in [-0.39, 0.29) is 72.9 Å². The van der Waals surface area contributed by atoms with Gasteiger partial charge in [-0.05, 0) is 68.0 Å². The third-order valence-corrected chi connectivity index (χ3v) is 8.82. The van der Waals surface area contributed by atoms with Gasteiger partial charge in [0.25, 0.3) is 0 Å². The Morgan fingerprint density at radius 3 is 1.80 bits per heavy atom. The quantitative estimate of drug-likeness (QED) is 0.184. The summed E-state index contributed by atoms with van der Waals surface area (Å²) < 4.78 is 122. The van der Waals surface area contributed by atoms with Crippen LogP contribution in [0.1, 0.15) is 17.8 Å². The molecular formula is C47H29N3O. The standard InChI is InChI=1S/C47H29N3O/c1-3-13-30(14-4-1)34-21-11-17-32-25-26-33(29-41(32)34)45-48-46(38-28-27-35(31-15-5-2-6-16-31)36-18-7-8-19-37(36)38)50-47(49-45)40-22-12-24-43-44(40)39-20-9-10-23-42(39)51-43/h1-29H/i7D,8D,9D,10D,12D,18D,19D,20D,22D,23D,24D,27D,28D. The van der Waals surface area contributed by atoms with Crippen molar-refractivity contribution in [3.05, 3.63) is 176 Å². The maximum Gasteiger partial charge on any atom is 0.164 e. The highest BCUT2D eigenvalue weighted by Crippen LogP contribution is 2.39. The second-order valence-corrected chi connectivity index (χ2v) is 11.8. The predicted molar refractivity (Wildman–Crippen MR) is 209 cm³/mol. The van der Waals surface area contributed by atoms with E-state index in [0.29, 0.717) is 11.1 Å². The van der Waals surface area contributed by atoms with E-state index in [4.69, 9.17) is 31.7 Å². The second-order valence-electron chi connectivity index (χ2n) is 11.8. The van der Waals surface area contributed by atoms with Crippen LogP contribution in [0.15, 0.2) is 180 Å². The van der Waals surface area contributed by atoms with Gasteiger partial charge in [0.15, 0.2) is 17.5 Å². The van der Waals surface area contributed by atoms with Crippen molar-refractivity contribution in [2.45, 2.75) is 0 Å². The molecular weight excluding hydrogens is 623 g/mol. The van der Waals surface area contributed by atoms with Crippen LogP contribution >= 0.6 is 0 Å². The number of hydrogen-bond donors (Lipinski definition) is 0. The van der Waals surface area contributed by atoms with E-state index >= 15 is 0 Å². The molecule has 0 atom stereocenters. The number of benzene rings is 8. The summed E-state index contributed by atoms with van der Waals surface area (Å²) in [5.74, 6) is -0.698. The predicted octanol–water partition coefficient (Wildman–Crippen LogP) is 12.4. The molecule has 0 saturated carbocycles. The maximum absolute atomic E-state index is 9.56. The van der Waals surface area contributed by atoms with Crippen LogP contribution in [-0.4, -0.2) is 15.0 Å². The fraction of sp³-hybridized carbons (Fsp3) is 0. The molecule has 0 fully saturated rings. The van der Waals surface area contributed by atoms with Crippen LogP contribution < -0.4 is 0 Å². The number of rotatable bonds is 5. The Kier molecular flexibility index (Phi) is 4.37. The zero-order valence-corrected chi connectivity index (χ0v) is 26.5. The molecule has 0 unspecified atom stereocenters. The van der Waals surface area contributed by atoms with Gasteiger partial charge in [-0.25, -0.2) is 15.0 Å². The largest absolute Gasteiger partial charge is 0.456 e. The molecule has 2 aromatic heterocycles. The summed E-state index contributed by atoms with van der Waals surface area (Å²) >= 11 is 0. The number of aromatic nitrogens is 3. The molecule has 0 aliphatic heterocycles. The first-order valence-corrected chi connectivity index (χ1v) is 16.1. The molecule has 0 radical (unpaired) electrons. The van der Waals surface area contributed by atoms with Crippen molar-refractivity contribution in [1.29, 1.82) is 0 Å². The average molecular weight is 665 g/mol. The summed E-state index contributed by atoms with van der Waals surface area (Å²) in [6.07, 6.45) is 0. The summed E-state index contributed by atoms with van der Waals surface area (Å²) in [5.41, 5.74) is 1.63. The van der Waals surface area contributed by atoms with Crippen molar-refractivity contribution in [3.8, 4) is 56.4 Å². The Bertz CT molecular complexity index is 3660. The molecule has 238 valence electrons. The fourth-order valence-corrected chi connectivity index (χ4v) is 6.46. The monoisotopic (exact) mass is 664 g/mol. The normalized spacial score (nSPS) is 15.1. The number of furan rings is 1. The van der Waals surface area contributed by atoms with Crippen LogP contribution in [0, 0.1) is 0 Å². The Morgan fingerprint density at radius 1 is 0.392 bits per heavy atom. The van der Waals surface area contributed by atoms with E-state index in [9.17, 15) is 5.48 Å². The SMILES string of the molecule is [2H]c1c([2H])c([2H])c2c(oc3c([2H])c([2H])c([2H])c(-c4nc(-c5ccc6cccc(-c7ccccc7)c6c5)nc(-c5c([2H])c([2H])c(-c6ccccc6)c6c([2H])c([2H])c([2H])c([2H])c56)n4)c32)c1[2H]. The van der Waals surface area contributed by atoms with Crippen LogP contribution in [0.4, 0.5) is 0 Å². The van der Waals surface area contributed by atoms with E-state index in [1.54, 1.807) is 36.4 Å².